The number of benzene rings is 2. The second kappa shape index (κ2) is 8.19. The number of amides is 1. The Morgan fingerprint density at radius 1 is 1.17 bits per heavy atom. The van der Waals surface area contributed by atoms with E-state index in [4.69, 9.17) is 14.2 Å². The molecule has 0 spiro atoms. The van der Waals surface area contributed by atoms with Gasteiger partial charge >= 0.3 is 0 Å². The van der Waals surface area contributed by atoms with Crippen molar-refractivity contribution in [2.75, 3.05) is 31.2 Å². The maximum atomic E-state index is 14.5. The maximum absolute atomic E-state index is 14.5. The Kier molecular flexibility index (Phi) is 5.47. The van der Waals surface area contributed by atoms with Crippen molar-refractivity contribution in [3.8, 4) is 17.2 Å². The van der Waals surface area contributed by atoms with Crippen LogP contribution < -0.4 is 24.4 Å². The molecule has 2 aromatic carbocycles. The molecule has 0 aliphatic carbocycles. The number of anilines is 1. The second-order valence-corrected chi connectivity index (χ2v) is 7.44. The SMILES string of the molecule is CC(=O)NC(C)c1ccc(OC2CN(c3cc4c(cc3F)OCCCO4)C2)cc1. The number of ether oxygens (including phenoxy) is 3. The van der Waals surface area contributed by atoms with Crippen LogP contribution in [0.15, 0.2) is 36.4 Å². The zero-order valence-corrected chi connectivity index (χ0v) is 16.6. The van der Waals surface area contributed by atoms with Gasteiger partial charge in [0, 0.05) is 25.5 Å². The van der Waals surface area contributed by atoms with Crippen LogP contribution >= 0.6 is 0 Å². The van der Waals surface area contributed by atoms with Crippen molar-refractivity contribution < 1.29 is 23.4 Å². The molecule has 0 bridgehead atoms. The van der Waals surface area contributed by atoms with Crippen LogP contribution in [0.1, 0.15) is 31.9 Å². The van der Waals surface area contributed by atoms with Gasteiger partial charge in [-0.1, -0.05) is 12.1 Å². The molecular weight excluding hydrogens is 375 g/mol. The summed E-state index contributed by atoms with van der Waals surface area (Å²) in [4.78, 5) is 13.1. The van der Waals surface area contributed by atoms with E-state index < -0.39 is 0 Å². The molecule has 4 rings (SSSR count). The maximum Gasteiger partial charge on any atom is 0.217 e. The van der Waals surface area contributed by atoms with Crippen LogP contribution in [-0.4, -0.2) is 38.3 Å². The van der Waals surface area contributed by atoms with Crippen molar-refractivity contribution in [1.29, 1.82) is 0 Å². The number of hydrogen-bond donors (Lipinski definition) is 1. The molecule has 29 heavy (non-hydrogen) atoms. The van der Waals surface area contributed by atoms with Gasteiger partial charge in [0.05, 0.1) is 38.0 Å². The number of fused-ring (bicyclic) bond motifs is 1. The van der Waals surface area contributed by atoms with Gasteiger partial charge in [-0.3, -0.25) is 4.79 Å². The van der Waals surface area contributed by atoms with Crippen LogP contribution in [0.3, 0.4) is 0 Å². The third-order valence-electron chi connectivity index (χ3n) is 5.11. The van der Waals surface area contributed by atoms with Crippen LogP contribution in [0, 0.1) is 5.82 Å². The standard InChI is InChI=1S/C22H25FN2O4/c1-14(24-15(2)26)16-4-6-17(7-5-16)29-18-12-25(13-18)20-11-22-21(10-19(20)23)27-8-3-9-28-22/h4-7,10-11,14,18H,3,8-9,12-13H2,1-2H3,(H,24,26). The van der Waals surface area contributed by atoms with Crippen molar-refractivity contribution in [3.05, 3.63) is 47.8 Å². The predicted octanol–water partition coefficient (Wildman–Crippen LogP) is 3.45. The van der Waals surface area contributed by atoms with Gasteiger partial charge in [0.1, 0.15) is 17.7 Å². The third-order valence-corrected chi connectivity index (χ3v) is 5.11. The smallest absolute Gasteiger partial charge is 0.217 e. The number of hydrogen-bond acceptors (Lipinski definition) is 5. The average molecular weight is 400 g/mol. The van der Waals surface area contributed by atoms with E-state index in [0.717, 1.165) is 17.7 Å². The van der Waals surface area contributed by atoms with E-state index in [9.17, 15) is 9.18 Å². The topological polar surface area (TPSA) is 60.0 Å². The van der Waals surface area contributed by atoms with Crippen LogP contribution in [0.5, 0.6) is 17.2 Å². The van der Waals surface area contributed by atoms with E-state index in [0.29, 0.717) is 43.5 Å². The Balaban J connectivity index is 1.35. The van der Waals surface area contributed by atoms with E-state index in [1.165, 1.54) is 13.0 Å². The minimum Gasteiger partial charge on any atom is -0.489 e. The van der Waals surface area contributed by atoms with Crippen molar-refractivity contribution in [1.82, 2.24) is 5.32 Å². The first-order chi connectivity index (χ1) is 14.0. The average Bonchev–Trinajstić information content (AvgIpc) is 2.88. The predicted molar refractivity (Wildman–Crippen MR) is 107 cm³/mol. The summed E-state index contributed by atoms with van der Waals surface area (Å²) in [5.41, 5.74) is 1.52. The minimum absolute atomic E-state index is 0.0102. The Hall–Kier alpha value is -2.96. The lowest BCUT2D eigenvalue weighted by Crippen LogP contribution is -2.54. The molecule has 2 aliphatic rings. The van der Waals surface area contributed by atoms with E-state index in [1.807, 2.05) is 36.1 Å². The fraction of sp³-hybridized carbons (Fsp3) is 0.409. The van der Waals surface area contributed by atoms with Crippen molar-refractivity contribution in [2.24, 2.45) is 0 Å². The first-order valence-corrected chi connectivity index (χ1v) is 9.87. The lowest BCUT2D eigenvalue weighted by atomic mass is 10.1. The lowest BCUT2D eigenvalue weighted by Gasteiger charge is -2.40. The highest BCUT2D eigenvalue weighted by Crippen LogP contribution is 2.37. The molecule has 0 saturated carbocycles. The summed E-state index contributed by atoms with van der Waals surface area (Å²) in [7, 11) is 0. The summed E-state index contributed by atoms with van der Waals surface area (Å²) in [5.74, 6) is 1.43. The minimum atomic E-state index is -0.316. The molecule has 2 heterocycles. The first kappa shape index (κ1) is 19.4. The number of rotatable bonds is 5. The van der Waals surface area contributed by atoms with E-state index in [-0.39, 0.29) is 23.9 Å². The monoisotopic (exact) mass is 400 g/mol. The Labute approximate surface area is 169 Å². The molecule has 154 valence electrons. The Bertz CT molecular complexity index is 881. The van der Waals surface area contributed by atoms with Gasteiger partial charge in [-0.05, 0) is 24.6 Å². The van der Waals surface area contributed by atoms with Gasteiger partial charge in [0.25, 0.3) is 0 Å². The van der Waals surface area contributed by atoms with Gasteiger partial charge in [-0.25, -0.2) is 4.39 Å². The molecule has 0 aromatic heterocycles. The molecule has 1 N–H and O–H groups in total. The normalized spacial score (nSPS) is 17.1. The van der Waals surface area contributed by atoms with Crippen LogP contribution in [0.4, 0.5) is 10.1 Å². The van der Waals surface area contributed by atoms with Gasteiger partial charge in [-0.2, -0.15) is 0 Å². The van der Waals surface area contributed by atoms with Crippen LogP contribution in [-0.2, 0) is 4.79 Å². The van der Waals surface area contributed by atoms with Crippen molar-refractivity contribution in [3.63, 3.8) is 0 Å². The summed E-state index contributed by atoms with van der Waals surface area (Å²) < 4.78 is 31.7. The van der Waals surface area contributed by atoms with Crippen molar-refractivity contribution in [2.45, 2.75) is 32.4 Å². The van der Waals surface area contributed by atoms with Crippen LogP contribution in [0.25, 0.3) is 0 Å². The van der Waals surface area contributed by atoms with E-state index in [2.05, 4.69) is 5.32 Å². The molecule has 1 unspecified atom stereocenters. The molecule has 1 saturated heterocycles. The number of nitrogens with zero attached hydrogens (tertiary/aromatic N) is 1. The molecule has 2 aliphatic heterocycles. The molecule has 2 aromatic rings. The number of carbonyl (C=O) groups excluding carboxylic acids is 1. The number of carbonyl (C=O) groups is 1. The fourth-order valence-corrected chi connectivity index (χ4v) is 3.54. The molecule has 7 heteroatoms. The van der Waals surface area contributed by atoms with Crippen molar-refractivity contribution >= 4 is 11.6 Å². The van der Waals surface area contributed by atoms with Gasteiger partial charge < -0.3 is 24.4 Å². The first-order valence-electron chi connectivity index (χ1n) is 9.87. The van der Waals surface area contributed by atoms with E-state index in [1.54, 1.807) is 6.07 Å². The van der Waals surface area contributed by atoms with Gasteiger partial charge in [0.15, 0.2) is 11.5 Å². The van der Waals surface area contributed by atoms with Crippen LogP contribution in [0.2, 0.25) is 0 Å². The molecule has 6 nitrogen and oxygen atoms in total. The van der Waals surface area contributed by atoms with E-state index >= 15 is 0 Å². The second-order valence-electron chi connectivity index (χ2n) is 7.44. The summed E-state index contributed by atoms with van der Waals surface area (Å²) in [6.45, 7) is 5.74. The summed E-state index contributed by atoms with van der Waals surface area (Å²) in [6, 6.07) is 10.7. The third kappa shape index (κ3) is 4.39. The van der Waals surface area contributed by atoms with Gasteiger partial charge in [0.2, 0.25) is 5.91 Å². The number of halogens is 1. The Morgan fingerprint density at radius 3 is 2.48 bits per heavy atom. The summed E-state index contributed by atoms with van der Waals surface area (Å²) >= 11 is 0. The quantitative estimate of drug-likeness (QED) is 0.833. The molecule has 0 radical (unpaired) electrons. The fourth-order valence-electron chi connectivity index (χ4n) is 3.54. The summed E-state index contributed by atoms with van der Waals surface area (Å²) in [6.07, 6.45) is 0.775. The molecular formula is C22H25FN2O4. The largest absolute Gasteiger partial charge is 0.489 e. The highest BCUT2D eigenvalue weighted by Gasteiger charge is 2.31. The molecule has 1 atom stereocenters. The zero-order chi connectivity index (χ0) is 20.4. The molecule has 1 fully saturated rings. The molecule has 1 amide bonds. The summed E-state index contributed by atoms with van der Waals surface area (Å²) in [5, 5.41) is 2.86. The zero-order valence-electron chi connectivity index (χ0n) is 16.6. The van der Waals surface area contributed by atoms with Gasteiger partial charge in [-0.15, -0.1) is 0 Å². The highest BCUT2D eigenvalue weighted by atomic mass is 19.1. The Morgan fingerprint density at radius 2 is 1.83 bits per heavy atom. The lowest BCUT2D eigenvalue weighted by molar-refractivity contribution is -0.119. The highest BCUT2D eigenvalue weighted by molar-refractivity contribution is 5.73. The number of nitrogens with one attached hydrogen (secondary N) is 1.